The summed E-state index contributed by atoms with van der Waals surface area (Å²) in [6.07, 6.45) is 1.52. The number of benzene rings is 1. The van der Waals surface area contributed by atoms with E-state index < -0.39 is 5.92 Å². The lowest BCUT2D eigenvalue weighted by molar-refractivity contribution is -0.120. The first-order chi connectivity index (χ1) is 9.99. The van der Waals surface area contributed by atoms with Crippen LogP contribution < -0.4 is 11.1 Å². The maximum atomic E-state index is 12.3. The van der Waals surface area contributed by atoms with Crippen LogP contribution in [-0.2, 0) is 4.79 Å². The van der Waals surface area contributed by atoms with Gasteiger partial charge in [0.1, 0.15) is 9.21 Å². The Morgan fingerprint density at radius 1 is 1.29 bits per heavy atom. The summed E-state index contributed by atoms with van der Waals surface area (Å²) in [5, 5.41) is 2.73. The molecule has 5 nitrogen and oxygen atoms in total. The highest BCUT2D eigenvalue weighted by atomic mass is 79.9. The minimum atomic E-state index is -0.398. The van der Waals surface area contributed by atoms with Gasteiger partial charge >= 0.3 is 0 Å². The van der Waals surface area contributed by atoms with Crippen LogP contribution >= 0.6 is 31.9 Å². The third kappa shape index (κ3) is 4.09. The van der Waals surface area contributed by atoms with Crippen LogP contribution in [0.2, 0.25) is 0 Å². The molecule has 2 aromatic rings. The van der Waals surface area contributed by atoms with Crippen molar-refractivity contribution in [3.05, 3.63) is 51.3 Å². The van der Waals surface area contributed by atoms with Gasteiger partial charge in [-0.3, -0.25) is 4.79 Å². The molecule has 7 heteroatoms. The minimum Gasteiger partial charge on any atom is -0.323 e. The van der Waals surface area contributed by atoms with Crippen molar-refractivity contribution in [3.63, 3.8) is 0 Å². The maximum Gasteiger partial charge on any atom is 0.230 e. The van der Waals surface area contributed by atoms with E-state index in [1.165, 1.54) is 6.20 Å². The number of nitrogens with one attached hydrogen (secondary N) is 1. The second-order valence-electron chi connectivity index (χ2n) is 4.55. The lowest BCUT2D eigenvalue weighted by atomic mass is 9.95. The molecule has 0 fully saturated rings. The summed E-state index contributed by atoms with van der Waals surface area (Å²) in [6, 6.07) is 9.14. The molecule has 1 aromatic carbocycles. The molecule has 1 heterocycles. The van der Waals surface area contributed by atoms with Crippen molar-refractivity contribution in [1.29, 1.82) is 0 Å². The second-order valence-corrected chi connectivity index (χ2v) is 6.11. The van der Waals surface area contributed by atoms with Gasteiger partial charge in [-0.2, -0.15) is 0 Å². The molecule has 0 aliphatic rings. The monoisotopic (exact) mass is 412 g/mol. The Balaban J connectivity index is 2.09. The van der Waals surface area contributed by atoms with Crippen molar-refractivity contribution in [3.8, 4) is 0 Å². The number of halogens is 2. The van der Waals surface area contributed by atoms with Crippen LogP contribution in [0.4, 0.5) is 5.82 Å². The van der Waals surface area contributed by atoms with Crippen molar-refractivity contribution in [1.82, 2.24) is 9.97 Å². The number of aromatic nitrogens is 2. The number of amides is 1. The second kappa shape index (κ2) is 7.11. The standard InChI is InChI=1S/C14H14Br2N4O/c1-8(11(17)9-5-3-2-4-6-9)14(21)20-13-12(16)19-10(15)7-18-13/h2-8,11H,17H2,1H3,(H,18,20,21). The largest absolute Gasteiger partial charge is 0.323 e. The summed E-state index contributed by atoms with van der Waals surface area (Å²) < 4.78 is 1.05. The average molecular weight is 414 g/mol. The van der Waals surface area contributed by atoms with Gasteiger partial charge in [-0.15, -0.1) is 0 Å². The molecular formula is C14H14Br2N4O. The molecule has 3 N–H and O–H groups in total. The molecule has 0 spiro atoms. The van der Waals surface area contributed by atoms with E-state index in [9.17, 15) is 4.79 Å². The Bertz CT molecular complexity index is 636. The van der Waals surface area contributed by atoms with E-state index >= 15 is 0 Å². The van der Waals surface area contributed by atoms with Gasteiger partial charge in [0.15, 0.2) is 5.82 Å². The SMILES string of the molecule is CC(C(=O)Nc1ncc(Br)nc1Br)C(N)c1ccccc1. The van der Waals surface area contributed by atoms with E-state index in [0.717, 1.165) is 5.56 Å². The highest BCUT2D eigenvalue weighted by Gasteiger charge is 2.23. The molecule has 2 rings (SSSR count). The Labute approximate surface area is 139 Å². The molecule has 0 bridgehead atoms. The first-order valence-corrected chi connectivity index (χ1v) is 7.87. The average Bonchev–Trinajstić information content (AvgIpc) is 2.49. The minimum absolute atomic E-state index is 0.205. The number of hydrogen-bond donors (Lipinski definition) is 2. The first-order valence-electron chi connectivity index (χ1n) is 6.28. The number of hydrogen-bond acceptors (Lipinski definition) is 4. The van der Waals surface area contributed by atoms with Crippen LogP contribution in [0.1, 0.15) is 18.5 Å². The van der Waals surface area contributed by atoms with Crippen molar-refractivity contribution < 1.29 is 4.79 Å². The predicted molar refractivity (Wildman–Crippen MR) is 88.6 cm³/mol. The summed E-state index contributed by atoms with van der Waals surface area (Å²) in [7, 11) is 0. The van der Waals surface area contributed by atoms with Gasteiger partial charge < -0.3 is 11.1 Å². The Morgan fingerprint density at radius 3 is 2.57 bits per heavy atom. The third-order valence-electron chi connectivity index (χ3n) is 3.08. The molecule has 0 saturated carbocycles. The highest BCUT2D eigenvalue weighted by molar-refractivity contribution is 9.11. The maximum absolute atomic E-state index is 12.3. The van der Waals surface area contributed by atoms with E-state index in [1.54, 1.807) is 6.92 Å². The smallest absolute Gasteiger partial charge is 0.230 e. The highest BCUT2D eigenvalue weighted by Crippen LogP contribution is 2.23. The van der Waals surface area contributed by atoms with Gasteiger partial charge in [0, 0.05) is 6.04 Å². The number of carbonyl (C=O) groups excluding carboxylic acids is 1. The van der Waals surface area contributed by atoms with Gasteiger partial charge in [-0.05, 0) is 37.4 Å². The molecule has 0 saturated heterocycles. The van der Waals surface area contributed by atoms with Crippen LogP contribution in [0, 0.1) is 5.92 Å². The van der Waals surface area contributed by atoms with Gasteiger partial charge in [0.25, 0.3) is 0 Å². The van der Waals surface area contributed by atoms with Crippen LogP contribution in [0.5, 0.6) is 0 Å². The number of nitrogens with zero attached hydrogens (tertiary/aromatic N) is 2. The van der Waals surface area contributed by atoms with E-state index in [1.807, 2.05) is 30.3 Å². The molecular weight excluding hydrogens is 400 g/mol. The van der Waals surface area contributed by atoms with Gasteiger partial charge in [0.2, 0.25) is 5.91 Å². The van der Waals surface area contributed by atoms with Crippen LogP contribution in [0.25, 0.3) is 0 Å². The van der Waals surface area contributed by atoms with Crippen LogP contribution in [-0.4, -0.2) is 15.9 Å². The molecule has 110 valence electrons. The first kappa shape index (κ1) is 16.1. The fourth-order valence-corrected chi connectivity index (χ4v) is 2.70. The Hall–Kier alpha value is -1.31. The van der Waals surface area contributed by atoms with E-state index in [4.69, 9.17) is 5.73 Å². The summed E-state index contributed by atoms with van der Waals surface area (Å²) >= 11 is 6.47. The van der Waals surface area contributed by atoms with Crippen molar-refractivity contribution >= 4 is 43.6 Å². The molecule has 2 unspecified atom stereocenters. The topological polar surface area (TPSA) is 80.9 Å². The molecule has 1 aromatic heterocycles. The molecule has 2 atom stereocenters. The van der Waals surface area contributed by atoms with E-state index in [2.05, 4.69) is 47.1 Å². The van der Waals surface area contributed by atoms with E-state index in [0.29, 0.717) is 15.0 Å². The van der Waals surface area contributed by atoms with Crippen molar-refractivity contribution in [2.24, 2.45) is 11.7 Å². The summed E-state index contributed by atoms with van der Waals surface area (Å²) in [4.78, 5) is 20.5. The summed E-state index contributed by atoms with van der Waals surface area (Å²) in [5.41, 5.74) is 7.06. The molecule has 0 aliphatic heterocycles. The summed E-state index contributed by atoms with van der Waals surface area (Å²) in [5.74, 6) is -0.233. The molecule has 0 aliphatic carbocycles. The number of nitrogens with two attached hydrogens (primary N) is 1. The van der Waals surface area contributed by atoms with Gasteiger partial charge in [-0.1, -0.05) is 37.3 Å². The van der Waals surface area contributed by atoms with Gasteiger partial charge in [0.05, 0.1) is 12.1 Å². The number of anilines is 1. The zero-order valence-corrected chi connectivity index (χ0v) is 14.4. The Morgan fingerprint density at radius 2 is 1.95 bits per heavy atom. The lowest BCUT2D eigenvalue weighted by Crippen LogP contribution is -2.30. The number of carbonyl (C=O) groups is 1. The zero-order valence-electron chi connectivity index (χ0n) is 11.3. The van der Waals surface area contributed by atoms with Crippen LogP contribution in [0.15, 0.2) is 45.7 Å². The third-order valence-corrected chi connectivity index (χ3v) is 4.01. The number of rotatable bonds is 4. The zero-order chi connectivity index (χ0) is 15.4. The lowest BCUT2D eigenvalue weighted by Gasteiger charge is -2.19. The molecule has 1 amide bonds. The van der Waals surface area contributed by atoms with Crippen molar-refractivity contribution in [2.75, 3.05) is 5.32 Å². The summed E-state index contributed by atoms with van der Waals surface area (Å²) in [6.45, 7) is 1.78. The van der Waals surface area contributed by atoms with Gasteiger partial charge in [-0.25, -0.2) is 9.97 Å². The molecule has 0 radical (unpaired) electrons. The van der Waals surface area contributed by atoms with E-state index in [-0.39, 0.29) is 11.9 Å². The predicted octanol–water partition coefficient (Wildman–Crippen LogP) is 3.28. The fourth-order valence-electron chi connectivity index (χ4n) is 1.79. The normalized spacial score (nSPS) is 13.5. The van der Waals surface area contributed by atoms with Crippen LogP contribution in [0.3, 0.4) is 0 Å². The quantitative estimate of drug-likeness (QED) is 0.805. The molecule has 21 heavy (non-hydrogen) atoms. The Kier molecular flexibility index (Phi) is 5.44. The fraction of sp³-hybridized carbons (Fsp3) is 0.214. The van der Waals surface area contributed by atoms with Crippen molar-refractivity contribution in [2.45, 2.75) is 13.0 Å².